The van der Waals surface area contributed by atoms with Gasteiger partial charge < -0.3 is 15.2 Å². The molecule has 0 bridgehead atoms. The molecule has 1 heterocycles. The summed E-state index contributed by atoms with van der Waals surface area (Å²) >= 11 is 0. The Kier molecular flexibility index (Phi) is 3.80. The number of phenolic OH excluding ortho intramolecular Hbond substituents is 1. The molecule has 110 valence electrons. The first-order chi connectivity index (χ1) is 10.2. The Labute approximate surface area is 123 Å². The number of hydrogen-bond acceptors (Lipinski definition) is 3. The van der Waals surface area contributed by atoms with Crippen molar-refractivity contribution in [3.8, 4) is 11.5 Å². The minimum Gasteiger partial charge on any atom is -0.508 e. The monoisotopic (exact) mass is 287 g/mol. The first-order valence-electron chi connectivity index (χ1n) is 7.15. The molecule has 3 rings (SSSR count). The number of fused-ring (bicyclic) bond motifs is 1. The molecule has 2 unspecified atom stereocenters. The first-order valence-corrected chi connectivity index (χ1v) is 7.15. The van der Waals surface area contributed by atoms with Crippen molar-refractivity contribution in [1.29, 1.82) is 0 Å². The Morgan fingerprint density at radius 1 is 1.24 bits per heavy atom. The van der Waals surface area contributed by atoms with E-state index in [9.17, 15) is 9.50 Å². The summed E-state index contributed by atoms with van der Waals surface area (Å²) in [6, 6.07) is 11.8. The fourth-order valence-corrected chi connectivity index (χ4v) is 2.77. The van der Waals surface area contributed by atoms with E-state index in [0.29, 0.717) is 5.75 Å². The highest BCUT2D eigenvalue weighted by Gasteiger charge is 2.29. The number of phenols is 1. The van der Waals surface area contributed by atoms with Crippen LogP contribution >= 0.6 is 0 Å². The lowest BCUT2D eigenvalue weighted by molar-refractivity contribution is 0.151. The second-order valence-corrected chi connectivity index (χ2v) is 5.23. The van der Waals surface area contributed by atoms with Crippen molar-refractivity contribution in [3.05, 3.63) is 59.4 Å². The number of halogens is 1. The summed E-state index contributed by atoms with van der Waals surface area (Å²) in [5, 5.41) is 12.8. The van der Waals surface area contributed by atoms with Gasteiger partial charge >= 0.3 is 0 Å². The number of rotatable bonds is 3. The SMILES string of the molecule is CCNC1CC(c2ccc(O)cc2)Oc2cc(F)ccc21. The lowest BCUT2D eigenvalue weighted by Crippen LogP contribution is -2.29. The van der Waals surface area contributed by atoms with Gasteiger partial charge in [0.15, 0.2) is 0 Å². The van der Waals surface area contributed by atoms with E-state index in [2.05, 4.69) is 5.32 Å². The van der Waals surface area contributed by atoms with Gasteiger partial charge in [-0.2, -0.15) is 0 Å². The molecule has 21 heavy (non-hydrogen) atoms. The van der Waals surface area contributed by atoms with Crippen LogP contribution in [0.2, 0.25) is 0 Å². The lowest BCUT2D eigenvalue weighted by Gasteiger charge is -2.33. The predicted molar refractivity (Wildman–Crippen MR) is 78.9 cm³/mol. The fourth-order valence-electron chi connectivity index (χ4n) is 2.77. The average Bonchev–Trinajstić information content (AvgIpc) is 2.47. The molecule has 0 spiro atoms. The van der Waals surface area contributed by atoms with Gasteiger partial charge in [-0.05, 0) is 30.3 Å². The van der Waals surface area contributed by atoms with Crippen LogP contribution in [-0.4, -0.2) is 11.7 Å². The third-order valence-electron chi connectivity index (χ3n) is 3.79. The van der Waals surface area contributed by atoms with E-state index in [1.807, 2.05) is 19.1 Å². The van der Waals surface area contributed by atoms with Gasteiger partial charge in [-0.25, -0.2) is 4.39 Å². The fraction of sp³-hybridized carbons (Fsp3) is 0.294. The normalized spacial score (nSPS) is 20.7. The molecule has 2 aromatic rings. The van der Waals surface area contributed by atoms with Gasteiger partial charge in [0, 0.05) is 24.1 Å². The Morgan fingerprint density at radius 2 is 2.00 bits per heavy atom. The maximum absolute atomic E-state index is 13.5. The molecule has 0 amide bonds. The van der Waals surface area contributed by atoms with Gasteiger partial charge in [0.25, 0.3) is 0 Å². The number of ether oxygens (including phenoxy) is 1. The lowest BCUT2D eigenvalue weighted by atomic mass is 9.93. The van der Waals surface area contributed by atoms with Crippen molar-refractivity contribution in [3.63, 3.8) is 0 Å². The molecule has 2 N–H and O–H groups in total. The van der Waals surface area contributed by atoms with Crippen LogP contribution in [0.3, 0.4) is 0 Å². The Bertz CT molecular complexity index is 627. The van der Waals surface area contributed by atoms with Crippen LogP contribution in [0.25, 0.3) is 0 Å². The van der Waals surface area contributed by atoms with Crippen LogP contribution in [0.5, 0.6) is 11.5 Å². The summed E-state index contributed by atoms with van der Waals surface area (Å²) in [6.07, 6.45) is 0.626. The highest BCUT2D eigenvalue weighted by molar-refractivity contribution is 5.40. The van der Waals surface area contributed by atoms with E-state index >= 15 is 0 Å². The van der Waals surface area contributed by atoms with Gasteiger partial charge in [0.1, 0.15) is 23.4 Å². The standard InChI is InChI=1S/C17H18FNO2/c1-2-19-15-10-16(11-3-6-13(20)7-4-11)21-17-9-12(18)5-8-14(15)17/h3-9,15-16,19-20H,2,10H2,1H3. The molecule has 0 aliphatic carbocycles. The zero-order valence-corrected chi connectivity index (χ0v) is 11.8. The van der Waals surface area contributed by atoms with E-state index in [0.717, 1.165) is 24.1 Å². The summed E-state index contributed by atoms with van der Waals surface area (Å²) in [4.78, 5) is 0. The van der Waals surface area contributed by atoms with Gasteiger partial charge in [-0.15, -0.1) is 0 Å². The Morgan fingerprint density at radius 3 is 2.71 bits per heavy atom. The molecule has 0 saturated carbocycles. The average molecular weight is 287 g/mol. The minimum atomic E-state index is -0.296. The molecular formula is C17H18FNO2. The van der Waals surface area contributed by atoms with Crippen LogP contribution < -0.4 is 10.1 Å². The third kappa shape index (κ3) is 2.85. The summed E-state index contributed by atoms with van der Waals surface area (Å²) < 4.78 is 19.4. The van der Waals surface area contributed by atoms with Gasteiger partial charge in [-0.3, -0.25) is 0 Å². The topological polar surface area (TPSA) is 41.5 Å². The van der Waals surface area contributed by atoms with Gasteiger partial charge in [0.2, 0.25) is 0 Å². The van der Waals surface area contributed by atoms with Crippen molar-refractivity contribution >= 4 is 0 Å². The Balaban J connectivity index is 1.94. The maximum atomic E-state index is 13.5. The van der Waals surface area contributed by atoms with E-state index in [1.54, 1.807) is 18.2 Å². The molecule has 2 atom stereocenters. The van der Waals surface area contributed by atoms with Crippen molar-refractivity contribution in [2.75, 3.05) is 6.54 Å². The van der Waals surface area contributed by atoms with Crippen molar-refractivity contribution in [1.82, 2.24) is 5.32 Å². The smallest absolute Gasteiger partial charge is 0.127 e. The van der Waals surface area contributed by atoms with Crippen molar-refractivity contribution in [2.24, 2.45) is 0 Å². The van der Waals surface area contributed by atoms with Gasteiger partial charge in [0.05, 0.1) is 0 Å². The highest BCUT2D eigenvalue weighted by Crippen LogP contribution is 2.41. The predicted octanol–water partition coefficient (Wildman–Crippen LogP) is 3.71. The molecule has 4 heteroatoms. The second-order valence-electron chi connectivity index (χ2n) is 5.23. The molecule has 0 fully saturated rings. The van der Waals surface area contributed by atoms with Crippen molar-refractivity contribution in [2.45, 2.75) is 25.5 Å². The summed E-state index contributed by atoms with van der Waals surface area (Å²) in [7, 11) is 0. The molecular weight excluding hydrogens is 269 g/mol. The van der Waals surface area contributed by atoms with Crippen LogP contribution in [0.4, 0.5) is 4.39 Å². The van der Waals surface area contributed by atoms with Crippen LogP contribution in [0.15, 0.2) is 42.5 Å². The van der Waals surface area contributed by atoms with Crippen LogP contribution in [-0.2, 0) is 0 Å². The zero-order valence-electron chi connectivity index (χ0n) is 11.8. The number of aromatic hydroxyl groups is 1. The van der Waals surface area contributed by atoms with E-state index in [1.165, 1.54) is 12.1 Å². The second kappa shape index (κ2) is 5.74. The summed E-state index contributed by atoms with van der Waals surface area (Å²) in [5.41, 5.74) is 1.97. The highest BCUT2D eigenvalue weighted by atomic mass is 19.1. The zero-order chi connectivity index (χ0) is 14.8. The maximum Gasteiger partial charge on any atom is 0.127 e. The minimum absolute atomic E-state index is 0.137. The van der Waals surface area contributed by atoms with Crippen molar-refractivity contribution < 1.29 is 14.2 Å². The number of nitrogens with one attached hydrogen (secondary N) is 1. The van der Waals surface area contributed by atoms with E-state index in [4.69, 9.17) is 4.74 Å². The summed E-state index contributed by atoms with van der Waals surface area (Å²) in [6.45, 7) is 2.89. The molecule has 2 aromatic carbocycles. The van der Waals surface area contributed by atoms with E-state index < -0.39 is 0 Å². The molecule has 3 nitrogen and oxygen atoms in total. The molecule has 1 aliphatic rings. The Hall–Kier alpha value is -2.07. The van der Waals surface area contributed by atoms with Gasteiger partial charge in [-0.1, -0.05) is 25.1 Å². The first kappa shape index (κ1) is 13.9. The van der Waals surface area contributed by atoms with Crippen LogP contribution in [0.1, 0.15) is 36.6 Å². The molecule has 0 saturated heterocycles. The number of benzene rings is 2. The molecule has 0 radical (unpaired) electrons. The largest absolute Gasteiger partial charge is 0.508 e. The molecule has 0 aromatic heterocycles. The van der Waals surface area contributed by atoms with Crippen LogP contribution in [0, 0.1) is 5.82 Å². The summed E-state index contributed by atoms with van der Waals surface area (Å²) in [5.74, 6) is 0.518. The third-order valence-corrected chi connectivity index (χ3v) is 3.79. The van der Waals surface area contributed by atoms with E-state index in [-0.39, 0.29) is 23.7 Å². The molecule has 1 aliphatic heterocycles. The quantitative estimate of drug-likeness (QED) is 0.904. The number of hydrogen-bond donors (Lipinski definition) is 2.